The number of amides is 1. The van der Waals surface area contributed by atoms with E-state index < -0.39 is 0 Å². The summed E-state index contributed by atoms with van der Waals surface area (Å²) in [5.41, 5.74) is 0. The Morgan fingerprint density at radius 3 is 2.28 bits per heavy atom. The fourth-order valence-corrected chi connectivity index (χ4v) is 2.54. The summed E-state index contributed by atoms with van der Waals surface area (Å²) in [6.07, 6.45) is 2.31. The SMILES string of the molecule is CCN(CC)C(=O)CNC1CCN(C(C)C)CC1. The molecule has 1 heterocycles. The van der Waals surface area contributed by atoms with Crippen LogP contribution in [0.25, 0.3) is 0 Å². The maximum atomic E-state index is 11.9. The Bertz CT molecular complexity index is 243. The van der Waals surface area contributed by atoms with Crippen LogP contribution in [0.5, 0.6) is 0 Å². The maximum Gasteiger partial charge on any atom is 0.236 e. The first-order valence-corrected chi connectivity index (χ1v) is 7.33. The molecule has 18 heavy (non-hydrogen) atoms. The van der Waals surface area contributed by atoms with Crippen molar-refractivity contribution in [3.63, 3.8) is 0 Å². The van der Waals surface area contributed by atoms with E-state index in [1.165, 1.54) is 0 Å². The van der Waals surface area contributed by atoms with Crippen molar-refractivity contribution in [3.8, 4) is 0 Å². The molecule has 1 aliphatic heterocycles. The standard InChI is InChI=1S/C14H29N3O/c1-5-16(6-2)14(18)11-15-13-7-9-17(10-8-13)12(3)4/h12-13,15H,5-11H2,1-4H3. The third-order valence-electron chi connectivity index (χ3n) is 3.92. The molecule has 0 unspecified atom stereocenters. The van der Waals surface area contributed by atoms with Gasteiger partial charge in [-0.25, -0.2) is 0 Å². The van der Waals surface area contributed by atoms with E-state index in [2.05, 4.69) is 24.1 Å². The second-order valence-electron chi connectivity index (χ2n) is 5.35. The van der Waals surface area contributed by atoms with Crippen LogP contribution in [-0.2, 0) is 4.79 Å². The predicted octanol–water partition coefficient (Wildman–Crippen LogP) is 1.32. The van der Waals surface area contributed by atoms with E-state index >= 15 is 0 Å². The van der Waals surface area contributed by atoms with Crippen molar-refractivity contribution < 1.29 is 4.79 Å². The minimum Gasteiger partial charge on any atom is -0.342 e. The zero-order valence-electron chi connectivity index (χ0n) is 12.4. The summed E-state index contributed by atoms with van der Waals surface area (Å²) in [5.74, 6) is 0.228. The molecule has 0 radical (unpaired) electrons. The Labute approximate surface area is 112 Å². The molecule has 4 heteroatoms. The van der Waals surface area contributed by atoms with E-state index in [4.69, 9.17) is 0 Å². The third kappa shape index (κ3) is 4.58. The molecule has 0 aromatic carbocycles. The number of carbonyl (C=O) groups is 1. The zero-order chi connectivity index (χ0) is 13.5. The molecule has 0 saturated carbocycles. The fraction of sp³-hybridized carbons (Fsp3) is 0.929. The molecule has 0 atom stereocenters. The van der Waals surface area contributed by atoms with E-state index in [1.807, 2.05) is 18.7 Å². The minimum atomic E-state index is 0.228. The molecule has 1 fully saturated rings. The highest BCUT2D eigenvalue weighted by Crippen LogP contribution is 2.12. The van der Waals surface area contributed by atoms with Gasteiger partial charge in [0.25, 0.3) is 0 Å². The lowest BCUT2D eigenvalue weighted by Crippen LogP contribution is -2.47. The first-order valence-electron chi connectivity index (χ1n) is 7.33. The van der Waals surface area contributed by atoms with Gasteiger partial charge in [-0.1, -0.05) is 0 Å². The highest BCUT2D eigenvalue weighted by molar-refractivity contribution is 5.78. The van der Waals surface area contributed by atoms with Gasteiger partial charge in [-0.2, -0.15) is 0 Å². The summed E-state index contributed by atoms with van der Waals surface area (Å²) in [7, 11) is 0. The molecular formula is C14H29N3O. The van der Waals surface area contributed by atoms with Gasteiger partial charge in [0.05, 0.1) is 6.54 Å². The number of hydrogen-bond acceptors (Lipinski definition) is 3. The van der Waals surface area contributed by atoms with Gasteiger partial charge >= 0.3 is 0 Å². The number of piperidine rings is 1. The predicted molar refractivity (Wildman–Crippen MR) is 75.7 cm³/mol. The Balaban J connectivity index is 2.23. The molecule has 0 bridgehead atoms. The van der Waals surface area contributed by atoms with Gasteiger partial charge in [0, 0.05) is 25.2 Å². The average molecular weight is 255 g/mol. The molecule has 106 valence electrons. The molecule has 0 aromatic rings. The van der Waals surface area contributed by atoms with Crippen molar-refractivity contribution >= 4 is 5.91 Å². The van der Waals surface area contributed by atoms with Crippen LogP contribution in [-0.4, -0.2) is 60.5 Å². The number of rotatable bonds is 6. The first kappa shape index (κ1) is 15.4. The molecule has 1 saturated heterocycles. The first-order chi connectivity index (χ1) is 8.58. The van der Waals surface area contributed by atoms with Crippen LogP contribution < -0.4 is 5.32 Å². The van der Waals surface area contributed by atoms with Gasteiger partial charge in [0.1, 0.15) is 0 Å². The highest BCUT2D eigenvalue weighted by atomic mass is 16.2. The van der Waals surface area contributed by atoms with Crippen molar-refractivity contribution in [2.75, 3.05) is 32.7 Å². The average Bonchev–Trinajstić information content (AvgIpc) is 2.38. The number of likely N-dealkylation sites (N-methyl/N-ethyl adjacent to an activating group) is 1. The topological polar surface area (TPSA) is 35.6 Å². The molecular weight excluding hydrogens is 226 g/mol. The smallest absolute Gasteiger partial charge is 0.236 e. The van der Waals surface area contributed by atoms with Crippen LogP contribution in [0.15, 0.2) is 0 Å². The van der Waals surface area contributed by atoms with E-state index in [0.717, 1.165) is 39.0 Å². The van der Waals surface area contributed by atoms with E-state index in [1.54, 1.807) is 0 Å². The van der Waals surface area contributed by atoms with Crippen molar-refractivity contribution in [1.82, 2.24) is 15.1 Å². The van der Waals surface area contributed by atoms with Crippen LogP contribution in [0.1, 0.15) is 40.5 Å². The van der Waals surface area contributed by atoms with Gasteiger partial charge in [0.2, 0.25) is 5.91 Å². The van der Waals surface area contributed by atoms with Gasteiger partial charge in [-0.15, -0.1) is 0 Å². The number of nitrogens with one attached hydrogen (secondary N) is 1. The molecule has 1 amide bonds. The molecule has 1 rings (SSSR count). The Morgan fingerprint density at radius 1 is 1.28 bits per heavy atom. The van der Waals surface area contributed by atoms with E-state index in [9.17, 15) is 4.79 Å². The third-order valence-corrected chi connectivity index (χ3v) is 3.92. The number of carbonyl (C=O) groups excluding carboxylic acids is 1. The largest absolute Gasteiger partial charge is 0.342 e. The van der Waals surface area contributed by atoms with Gasteiger partial charge in [-0.3, -0.25) is 4.79 Å². The summed E-state index contributed by atoms with van der Waals surface area (Å²) in [6.45, 7) is 13.0. The fourth-order valence-electron chi connectivity index (χ4n) is 2.54. The van der Waals surface area contributed by atoms with E-state index in [0.29, 0.717) is 18.6 Å². The molecule has 4 nitrogen and oxygen atoms in total. The lowest BCUT2D eigenvalue weighted by molar-refractivity contribution is -0.130. The second-order valence-corrected chi connectivity index (χ2v) is 5.35. The van der Waals surface area contributed by atoms with Gasteiger partial charge in [0.15, 0.2) is 0 Å². The molecule has 1 N–H and O–H groups in total. The van der Waals surface area contributed by atoms with Crippen LogP contribution >= 0.6 is 0 Å². The van der Waals surface area contributed by atoms with Crippen molar-refractivity contribution in [2.45, 2.75) is 52.6 Å². The Hall–Kier alpha value is -0.610. The highest BCUT2D eigenvalue weighted by Gasteiger charge is 2.21. The van der Waals surface area contributed by atoms with Crippen LogP contribution in [0, 0.1) is 0 Å². The van der Waals surface area contributed by atoms with Crippen LogP contribution in [0.3, 0.4) is 0 Å². The summed E-state index contributed by atoms with van der Waals surface area (Å²) in [6, 6.07) is 1.16. The Morgan fingerprint density at radius 2 is 1.83 bits per heavy atom. The summed E-state index contributed by atoms with van der Waals surface area (Å²) in [4.78, 5) is 16.3. The normalized spacial score (nSPS) is 18.3. The van der Waals surface area contributed by atoms with Crippen molar-refractivity contribution in [1.29, 1.82) is 0 Å². The van der Waals surface area contributed by atoms with E-state index in [-0.39, 0.29) is 5.91 Å². The number of likely N-dealkylation sites (tertiary alicyclic amines) is 1. The van der Waals surface area contributed by atoms with Crippen LogP contribution in [0.2, 0.25) is 0 Å². The van der Waals surface area contributed by atoms with Gasteiger partial charge in [-0.05, 0) is 53.6 Å². The summed E-state index contributed by atoms with van der Waals surface area (Å²) < 4.78 is 0. The van der Waals surface area contributed by atoms with Gasteiger partial charge < -0.3 is 15.1 Å². The monoisotopic (exact) mass is 255 g/mol. The van der Waals surface area contributed by atoms with Crippen molar-refractivity contribution in [3.05, 3.63) is 0 Å². The lowest BCUT2D eigenvalue weighted by Gasteiger charge is -2.35. The molecule has 1 aliphatic rings. The minimum absolute atomic E-state index is 0.228. The summed E-state index contributed by atoms with van der Waals surface area (Å²) in [5, 5.41) is 3.41. The second kappa shape index (κ2) is 7.74. The summed E-state index contributed by atoms with van der Waals surface area (Å²) >= 11 is 0. The number of hydrogen-bond donors (Lipinski definition) is 1. The maximum absolute atomic E-state index is 11.9. The molecule has 0 aromatic heterocycles. The zero-order valence-corrected chi connectivity index (χ0v) is 12.4. The van der Waals surface area contributed by atoms with Crippen molar-refractivity contribution in [2.24, 2.45) is 0 Å². The van der Waals surface area contributed by atoms with Crippen LogP contribution in [0.4, 0.5) is 0 Å². The lowest BCUT2D eigenvalue weighted by atomic mass is 10.0. The Kier molecular flexibility index (Phi) is 6.65. The molecule has 0 aliphatic carbocycles. The number of nitrogens with zero attached hydrogens (tertiary/aromatic N) is 2. The molecule has 0 spiro atoms. The quantitative estimate of drug-likeness (QED) is 0.777.